The highest BCUT2D eigenvalue weighted by atomic mass is 32.1. The summed E-state index contributed by atoms with van der Waals surface area (Å²) in [7, 11) is 0. The standard InChI is InChI=1S/C14H20N2O3S/c17-13(18)10-5-3-6-11-12(10)16-14(20-11)15-8-9-4-1-2-7-19-9/h9-10H,1-8H2,(H,15,16)(H,17,18). The lowest BCUT2D eigenvalue weighted by Crippen LogP contribution is -2.26. The van der Waals surface area contributed by atoms with Crippen LogP contribution in [-0.4, -0.2) is 35.3 Å². The Labute approximate surface area is 122 Å². The first-order valence-corrected chi connectivity index (χ1v) is 8.13. The summed E-state index contributed by atoms with van der Waals surface area (Å²) in [6.07, 6.45) is 6.34. The van der Waals surface area contributed by atoms with Crippen LogP contribution in [0.15, 0.2) is 0 Å². The highest BCUT2D eigenvalue weighted by Crippen LogP contribution is 2.36. The fourth-order valence-corrected chi connectivity index (χ4v) is 3.98. The molecule has 1 saturated heterocycles. The fraction of sp³-hybridized carbons (Fsp3) is 0.714. The number of aromatic nitrogens is 1. The maximum atomic E-state index is 11.3. The van der Waals surface area contributed by atoms with Crippen molar-refractivity contribution in [3.05, 3.63) is 10.6 Å². The lowest BCUT2D eigenvalue weighted by atomic mass is 9.91. The Hall–Kier alpha value is -1.14. The van der Waals surface area contributed by atoms with E-state index in [1.165, 1.54) is 6.42 Å². The molecule has 2 heterocycles. The average molecular weight is 296 g/mol. The minimum Gasteiger partial charge on any atom is -0.481 e. The van der Waals surface area contributed by atoms with Gasteiger partial charge in [-0.3, -0.25) is 4.79 Å². The summed E-state index contributed by atoms with van der Waals surface area (Å²) in [5, 5.41) is 13.4. The number of ether oxygens (including phenoxy) is 1. The molecule has 1 aromatic heterocycles. The third-order valence-electron chi connectivity index (χ3n) is 4.01. The van der Waals surface area contributed by atoms with Gasteiger partial charge in [-0.15, -0.1) is 11.3 Å². The average Bonchev–Trinajstić information content (AvgIpc) is 2.88. The monoisotopic (exact) mass is 296 g/mol. The van der Waals surface area contributed by atoms with Crippen molar-refractivity contribution in [2.24, 2.45) is 0 Å². The van der Waals surface area contributed by atoms with Crippen molar-refractivity contribution in [2.75, 3.05) is 18.5 Å². The topological polar surface area (TPSA) is 71.5 Å². The molecule has 1 aromatic rings. The number of fused-ring (bicyclic) bond motifs is 1. The molecule has 0 radical (unpaired) electrons. The third-order valence-corrected chi connectivity index (χ3v) is 5.10. The number of hydrogen-bond donors (Lipinski definition) is 2. The summed E-state index contributed by atoms with van der Waals surface area (Å²) in [6.45, 7) is 1.62. The summed E-state index contributed by atoms with van der Waals surface area (Å²) in [5.41, 5.74) is 0.779. The molecule has 20 heavy (non-hydrogen) atoms. The zero-order valence-corrected chi connectivity index (χ0v) is 12.2. The number of carboxylic acid groups (broad SMARTS) is 1. The molecular formula is C14H20N2O3S. The molecule has 6 heteroatoms. The van der Waals surface area contributed by atoms with Gasteiger partial charge in [0.15, 0.2) is 5.13 Å². The Morgan fingerprint density at radius 3 is 3.05 bits per heavy atom. The molecule has 2 atom stereocenters. The van der Waals surface area contributed by atoms with E-state index in [4.69, 9.17) is 4.74 Å². The van der Waals surface area contributed by atoms with Gasteiger partial charge in [-0.2, -0.15) is 0 Å². The van der Waals surface area contributed by atoms with Crippen LogP contribution >= 0.6 is 11.3 Å². The molecule has 2 aliphatic rings. The van der Waals surface area contributed by atoms with Gasteiger partial charge in [0.1, 0.15) is 5.92 Å². The van der Waals surface area contributed by atoms with E-state index in [2.05, 4.69) is 10.3 Å². The molecule has 2 N–H and O–H groups in total. The van der Waals surface area contributed by atoms with Gasteiger partial charge in [0.05, 0.1) is 11.8 Å². The number of carboxylic acids is 1. The Kier molecular flexibility index (Phi) is 4.21. The number of hydrogen-bond acceptors (Lipinski definition) is 5. The Balaban J connectivity index is 1.64. The molecule has 0 amide bonds. The molecular weight excluding hydrogens is 276 g/mol. The van der Waals surface area contributed by atoms with Crippen LogP contribution in [0.3, 0.4) is 0 Å². The van der Waals surface area contributed by atoms with E-state index < -0.39 is 11.9 Å². The number of rotatable bonds is 4. The van der Waals surface area contributed by atoms with E-state index in [-0.39, 0.29) is 6.10 Å². The summed E-state index contributed by atoms with van der Waals surface area (Å²) >= 11 is 1.60. The maximum absolute atomic E-state index is 11.3. The molecule has 0 spiro atoms. The summed E-state index contributed by atoms with van der Waals surface area (Å²) in [5.74, 6) is -1.17. The number of carbonyl (C=O) groups is 1. The molecule has 2 unspecified atom stereocenters. The Morgan fingerprint density at radius 2 is 2.30 bits per heavy atom. The lowest BCUT2D eigenvalue weighted by molar-refractivity contribution is -0.139. The second kappa shape index (κ2) is 6.10. The van der Waals surface area contributed by atoms with E-state index in [1.807, 2.05) is 0 Å². The van der Waals surface area contributed by atoms with Gasteiger partial charge in [0.2, 0.25) is 0 Å². The summed E-state index contributed by atoms with van der Waals surface area (Å²) in [4.78, 5) is 16.9. The fourth-order valence-electron chi connectivity index (χ4n) is 2.90. The maximum Gasteiger partial charge on any atom is 0.312 e. The summed E-state index contributed by atoms with van der Waals surface area (Å²) in [6, 6.07) is 0. The number of aryl methyl sites for hydroxylation is 1. The Bertz CT molecular complexity index is 483. The van der Waals surface area contributed by atoms with Gasteiger partial charge >= 0.3 is 5.97 Å². The second-order valence-electron chi connectivity index (χ2n) is 5.48. The minimum absolute atomic E-state index is 0.264. The molecule has 3 rings (SSSR count). The number of nitrogens with one attached hydrogen (secondary N) is 1. The normalized spacial score (nSPS) is 26.0. The van der Waals surface area contributed by atoms with Crippen molar-refractivity contribution in [3.8, 4) is 0 Å². The van der Waals surface area contributed by atoms with Crippen molar-refractivity contribution < 1.29 is 14.6 Å². The second-order valence-corrected chi connectivity index (χ2v) is 6.56. The highest BCUT2D eigenvalue weighted by Gasteiger charge is 2.30. The predicted octanol–water partition coefficient (Wildman–Crippen LogP) is 2.63. The molecule has 110 valence electrons. The van der Waals surface area contributed by atoms with Gasteiger partial charge in [0, 0.05) is 18.0 Å². The number of anilines is 1. The zero-order valence-electron chi connectivity index (χ0n) is 11.4. The van der Waals surface area contributed by atoms with Gasteiger partial charge < -0.3 is 15.2 Å². The van der Waals surface area contributed by atoms with Crippen LogP contribution < -0.4 is 5.32 Å². The van der Waals surface area contributed by atoms with Crippen LogP contribution in [0.25, 0.3) is 0 Å². The van der Waals surface area contributed by atoms with E-state index >= 15 is 0 Å². The van der Waals surface area contributed by atoms with Gasteiger partial charge in [-0.05, 0) is 38.5 Å². The van der Waals surface area contributed by atoms with Gasteiger partial charge in [-0.25, -0.2) is 4.98 Å². The number of thiazole rings is 1. The molecule has 0 bridgehead atoms. The van der Waals surface area contributed by atoms with Gasteiger partial charge in [0.25, 0.3) is 0 Å². The van der Waals surface area contributed by atoms with Crippen LogP contribution in [0.5, 0.6) is 0 Å². The summed E-state index contributed by atoms with van der Waals surface area (Å²) < 4.78 is 5.68. The smallest absolute Gasteiger partial charge is 0.312 e. The largest absolute Gasteiger partial charge is 0.481 e. The first kappa shape index (κ1) is 13.8. The van der Waals surface area contributed by atoms with Crippen LogP contribution in [0.1, 0.15) is 48.6 Å². The van der Waals surface area contributed by atoms with Gasteiger partial charge in [-0.1, -0.05) is 0 Å². The van der Waals surface area contributed by atoms with Crippen molar-refractivity contribution in [3.63, 3.8) is 0 Å². The van der Waals surface area contributed by atoms with Crippen LogP contribution in [0.4, 0.5) is 5.13 Å². The molecule has 1 fully saturated rings. The molecule has 0 saturated carbocycles. The minimum atomic E-state index is -0.751. The van der Waals surface area contributed by atoms with Crippen LogP contribution in [0, 0.1) is 0 Å². The molecule has 5 nitrogen and oxygen atoms in total. The molecule has 0 aromatic carbocycles. The van der Waals surface area contributed by atoms with E-state index in [0.29, 0.717) is 6.42 Å². The van der Waals surface area contributed by atoms with Crippen molar-refractivity contribution >= 4 is 22.4 Å². The Morgan fingerprint density at radius 1 is 1.40 bits per heavy atom. The van der Waals surface area contributed by atoms with Crippen LogP contribution in [0.2, 0.25) is 0 Å². The SMILES string of the molecule is O=C(O)C1CCCc2sc(NCC3CCCCO3)nc21. The number of aliphatic carboxylic acids is 1. The van der Waals surface area contributed by atoms with Crippen molar-refractivity contribution in [2.45, 2.75) is 50.5 Å². The van der Waals surface area contributed by atoms with E-state index in [9.17, 15) is 9.90 Å². The molecule has 1 aliphatic heterocycles. The van der Waals surface area contributed by atoms with Crippen molar-refractivity contribution in [1.29, 1.82) is 0 Å². The predicted molar refractivity (Wildman–Crippen MR) is 77.5 cm³/mol. The van der Waals surface area contributed by atoms with E-state index in [0.717, 1.165) is 54.5 Å². The van der Waals surface area contributed by atoms with E-state index in [1.54, 1.807) is 11.3 Å². The zero-order chi connectivity index (χ0) is 13.9. The quantitative estimate of drug-likeness (QED) is 0.893. The highest BCUT2D eigenvalue weighted by molar-refractivity contribution is 7.15. The number of nitrogens with zero attached hydrogens (tertiary/aromatic N) is 1. The van der Waals surface area contributed by atoms with Crippen LogP contribution in [-0.2, 0) is 16.0 Å². The first-order chi connectivity index (χ1) is 9.74. The lowest BCUT2D eigenvalue weighted by Gasteiger charge is -2.22. The molecule has 1 aliphatic carbocycles. The third kappa shape index (κ3) is 2.96. The first-order valence-electron chi connectivity index (χ1n) is 7.32. The van der Waals surface area contributed by atoms with Crippen molar-refractivity contribution in [1.82, 2.24) is 4.98 Å².